The first kappa shape index (κ1) is 20.1. The standard InChI is InChI=1S/C24H22ClFN4O/c1-27-23(31)17-12-28-22(29-13-17)15-2-4-19-16(10-15)14-30-8-6-24(19,7-9-30)18-3-5-21(26)20(25)11-18/h2-5,10-13H,6-9,14H2,1H3,(H,27,31). The lowest BCUT2D eigenvalue weighted by atomic mass is 9.68. The van der Waals surface area contributed by atoms with Crippen molar-refractivity contribution in [2.45, 2.75) is 24.8 Å². The molecule has 0 radical (unpaired) electrons. The molecule has 2 aromatic carbocycles. The molecule has 2 bridgehead atoms. The summed E-state index contributed by atoms with van der Waals surface area (Å²) >= 11 is 6.15. The Balaban J connectivity index is 1.58. The summed E-state index contributed by atoms with van der Waals surface area (Å²) in [5.74, 6) is -0.0144. The van der Waals surface area contributed by atoms with Gasteiger partial charge in [-0.25, -0.2) is 14.4 Å². The minimum Gasteiger partial charge on any atom is -0.355 e. The number of benzene rings is 2. The first-order valence-electron chi connectivity index (χ1n) is 10.4. The van der Waals surface area contributed by atoms with Crippen LogP contribution in [0.1, 0.15) is 39.9 Å². The van der Waals surface area contributed by atoms with Gasteiger partial charge >= 0.3 is 0 Å². The van der Waals surface area contributed by atoms with Gasteiger partial charge in [-0.3, -0.25) is 9.69 Å². The summed E-state index contributed by atoms with van der Waals surface area (Å²) in [5, 5.41) is 2.74. The van der Waals surface area contributed by atoms with E-state index in [1.807, 2.05) is 12.1 Å². The largest absolute Gasteiger partial charge is 0.355 e. The molecule has 1 N–H and O–H groups in total. The first-order valence-corrected chi connectivity index (χ1v) is 10.7. The van der Waals surface area contributed by atoms with Crippen LogP contribution in [-0.2, 0) is 12.0 Å². The van der Waals surface area contributed by atoms with Gasteiger partial charge in [-0.15, -0.1) is 0 Å². The number of aromatic nitrogens is 2. The highest BCUT2D eigenvalue weighted by Gasteiger charge is 2.42. The third-order valence-corrected chi connectivity index (χ3v) is 6.89. The molecule has 5 nitrogen and oxygen atoms in total. The van der Waals surface area contributed by atoms with E-state index in [4.69, 9.17) is 11.6 Å². The third kappa shape index (κ3) is 3.40. The summed E-state index contributed by atoms with van der Waals surface area (Å²) in [6, 6.07) is 11.5. The summed E-state index contributed by atoms with van der Waals surface area (Å²) in [6.07, 6.45) is 5.03. The molecule has 0 unspecified atom stereocenters. The zero-order valence-corrected chi connectivity index (χ0v) is 17.9. The Kier molecular flexibility index (Phi) is 4.99. The van der Waals surface area contributed by atoms with E-state index in [9.17, 15) is 9.18 Å². The second-order valence-electron chi connectivity index (χ2n) is 8.23. The van der Waals surface area contributed by atoms with Gasteiger partial charge in [-0.05, 0) is 60.8 Å². The van der Waals surface area contributed by atoms with E-state index in [0.717, 1.165) is 43.6 Å². The predicted molar refractivity (Wildman–Crippen MR) is 118 cm³/mol. The monoisotopic (exact) mass is 436 g/mol. The number of halogens is 2. The van der Waals surface area contributed by atoms with Crippen molar-refractivity contribution in [2.24, 2.45) is 0 Å². The number of carbonyl (C=O) groups is 1. The van der Waals surface area contributed by atoms with Gasteiger partial charge in [0, 0.05) is 37.0 Å². The van der Waals surface area contributed by atoms with E-state index in [-0.39, 0.29) is 22.2 Å². The van der Waals surface area contributed by atoms with Crippen LogP contribution in [0.3, 0.4) is 0 Å². The Labute approximate surface area is 185 Å². The van der Waals surface area contributed by atoms with Crippen molar-refractivity contribution in [3.05, 3.63) is 81.9 Å². The van der Waals surface area contributed by atoms with Gasteiger partial charge in [0.1, 0.15) is 5.82 Å². The van der Waals surface area contributed by atoms with E-state index < -0.39 is 0 Å². The van der Waals surface area contributed by atoms with Crippen LogP contribution < -0.4 is 5.32 Å². The Morgan fingerprint density at radius 2 is 1.87 bits per heavy atom. The number of nitrogens with zero attached hydrogens (tertiary/aromatic N) is 3. The summed E-state index contributed by atoms with van der Waals surface area (Å²) in [4.78, 5) is 23.0. The predicted octanol–water partition coefficient (Wildman–Crippen LogP) is 4.19. The number of piperidine rings is 1. The van der Waals surface area contributed by atoms with E-state index in [1.165, 1.54) is 17.2 Å². The molecule has 1 saturated heterocycles. The number of nitrogens with one attached hydrogen (secondary N) is 1. The highest BCUT2D eigenvalue weighted by Crippen LogP contribution is 2.47. The quantitative estimate of drug-likeness (QED) is 0.668. The second-order valence-corrected chi connectivity index (χ2v) is 8.64. The minimum atomic E-state index is -0.388. The summed E-state index contributed by atoms with van der Waals surface area (Å²) in [7, 11) is 1.58. The SMILES string of the molecule is CNC(=O)c1cnc(-c2ccc3c(c2)CN2CCC3(c3ccc(F)c(Cl)c3)CC2)nc1. The van der Waals surface area contributed by atoms with Crippen molar-refractivity contribution < 1.29 is 9.18 Å². The molecule has 1 amide bonds. The van der Waals surface area contributed by atoms with Gasteiger partial charge in [0.05, 0.1) is 10.6 Å². The number of hydrogen-bond donors (Lipinski definition) is 1. The van der Waals surface area contributed by atoms with Gasteiger partial charge in [-0.1, -0.05) is 29.8 Å². The maximum Gasteiger partial charge on any atom is 0.254 e. The second kappa shape index (κ2) is 7.70. The van der Waals surface area contributed by atoms with Gasteiger partial charge in [-0.2, -0.15) is 0 Å². The Hall–Kier alpha value is -2.83. The maximum absolute atomic E-state index is 13.8. The topological polar surface area (TPSA) is 58.1 Å². The van der Waals surface area contributed by atoms with Crippen LogP contribution in [-0.4, -0.2) is 40.9 Å². The highest BCUT2D eigenvalue weighted by molar-refractivity contribution is 6.30. The molecule has 31 heavy (non-hydrogen) atoms. The van der Waals surface area contributed by atoms with Gasteiger partial charge < -0.3 is 5.32 Å². The van der Waals surface area contributed by atoms with Gasteiger partial charge in [0.25, 0.3) is 5.91 Å². The molecule has 0 aliphatic carbocycles. The van der Waals surface area contributed by atoms with Crippen LogP contribution in [0.4, 0.5) is 4.39 Å². The first-order chi connectivity index (χ1) is 15.0. The Morgan fingerprint density at radius 3 is 2.55 bits per heavy atom. The number of fused-ring (bicyclic) bond motifs is 2. The van der Waals surface area contributed by atoms with Gasteiger partial charge in [0.15, 0.2) is 5.82 Å². The lowest BCUT2D eigenvalue weighted by Crippen LogP contribution is -2.39. The molecule has 0 saturated carbocycles. The molecule has 7 heteroatoms. The minimum absolute atomic E-state index is 0.168. The zero-order chi connectivity index (χ0) is 21.6. The average Bonchev–Trinajstić information content (AvgIpc) is 3.06. The number of hydrogen-bond acceptors (Lipinski definition) is 4. The van der Waals surface area contributed by atoms with Crippen LogP contribution in [0.25, 0.3) is 11.4 Å². The molecule has 4 heterocycles. The van der Waals surface area contributed by atoms with Crippen molar-refractivity contribution in [2.75, 3.05) is 20.1 Å². The molecular weight excluding hydrogens is 415 g/mol. The molecule has 1 fully saturated rings. The fraction of sp³-hybridized carbons (Fsp3) is 0.292. The zero-order valence-electron chi connectivity index (χ0n) is 17.2. The van der Waals surface area contributed by atoms with E-state index in [2.05, 4.69) is 32.3 Å². The number of carbonyl (C=O) groups excluding carboxylic acids is 1. The Morgan fingerprint density at radius 1 is 1.13 bits per heavy atom. The molecule has 6 rings (SSSR count). The molecule has 3 aromatic rings. The lowest BCUT2D eigenvalue weighted by molar-refractivity contribution is 0.0962. The van der Waals surface area contributed by atoms with Crippen LogP contribution >= 0.6 is 11.6 Å². The summed E-state index contributed by atoms with van der Waals surface area (Å²) < 4.78 is 13.8. The average molecular weight is 437 g/mol. The van der Waals surface area contributed by atoms with Gasteiger partial charge in [0.2, 0.25) is 0 Å². The summed E-state index contributed by atoms with van der Waals surface area (Å²) in [6.45, 7) is 2.82. The van der Waals surface area contributed by atoms with Crippen molar-refractivity contribution in [3.63, 3.8) is 0 Å². The van der Waals surface area contributed by atoms with Crippen molar-refractivity contribution in [3.8, 4) is 11.4 Å². The fourth-order valence-corrected chi connectivity index (χ4v) is 5.09. The van der Waals surface area contributed by atoms with Crippen LogP contribution in [0, 0.1) is 5.82 Å². The molecule has 0 spiro atoms. The molecule has 3 aliphatic heterocycles. The molecule has 158 valence electrons. The molecule has 3 aliphatic rings. The van der Waals surface area contributed by atoms with E-state index in [1.54, 1.807) is 25.5 Å². The molecule has 1 aromatic heterocycles. The fourth-order valence-electron chi connectivity index (χ4n) is 4.91. The molecule has 0 atom stereocenters. The summed E-state index contributed by atoms with van der Waals surface area (Å²) in [5.41, 5.74) is 4.73. The third-order valence-electron chi connectivity index (χ3n) is 6.60. The normalized spacial score (nSPS) is 22.0. The van der Waals surface area contributed by atoms with Crippen molar-refractivity contribution in [1.82, 2.24) is 20.2 Å². The van der Waals surface area contributed by atoms with Crippen LogP contribution in [0.15, 0.2) is 48.8 Å². The maximum atomic E-state index is 13.8. The van der Waals surface area contributed by atoms with Crippen LogP contribution in [0.5, 0.6) is 0 Å². The van der Waals surface area contributed by atoms with E-state index >= 15 is 0 Å². The highest BCUT2D eigenvalue weighted by atomic mass is 35.5. The number of amides is 1. The van der Waals surface area contributed by atoms with Crippen molar-refractivity contribution >= 4 is 17.5 Å². The number of rotatable bonds is 3. The Bertz CT molecular complexity index is 1160. The lowest BCUT2D eigenvalue weighted by Gasteiger charge is -2.39. The van der Waals surface area contributed by atoms with E-state index in [0.29, 0.717) is 11.4 Å². The molecular formula is C24H22ClFN4O. The smallest absolute Gasteiger partial charge is 0.254 e. The van der Waals surface area contributed by atoms with Crippen LogP contribution in [0.2, 0.25) is 5.02 Å². The van der Waals surface area contributed by atoms with Crippen molar-refractivity contribution in [1.29, 1.82) is 0 Å².